The highest BCUT2D eigenvalue weighted by Crippen LogP contribution is 2.38. The predicted molar refractivity (Wildman–Crippen MR) is 123 cm³/mol. The van der Waals surface area contributed by atoms with Gasteiger partial charge in [-0.3, -0.25) is 0 Å². The van der Waals surface area contributed by atoms with E-state index in [1.807, 2.05) is 6.07 Å². The van der Waals surface area contributed by atoms with E-state index < -0.39 is 9.84 Å². The Balaban J connectivity index is 1.47. The second-order valence-electron chi connectivity index (χ2n) is 8.75. The van der Waals surface area contributed by atoms with E-state index in [1.165, 1.54) is 6.26 Å². The Bertz CT molecular complexity index is 1160. The van der Waals surface area contributed by atoms with Crippen molar-refractivity contribution in [2.75, 3.05) is 29.1 Å². The number of fused-ring (bicyclic) bond motifs is 2. The summed E-state index contributed by atoms with van der Waals surface area (Å²) in [6.07, 6.45) is 10.1. The maximum Gasteiger partial charge on any atom is 0.150 e. The lowest BCUT2D eigenvalue weighted by atomic mass is 9.97. The highest BCUT2D eigenvalue weighted by atomic mass is 35.5. The molecule has 2 aromatic heterocycles. The molecule has 0 saturated carbocycles. The fourth-order valence-corrected chi connectivity index (χ4v) is 6.28. The summed E-state index contributed by atoms with van der Waals surface area (Å²) in [5.74, 6) is 0.932. The van der Waals surface area contributed by atoms with Gasteiger partial charge in [0.05, 0.1) is 16.6 Å². The molecular formula is C22H26ClN5O2S. The average Bonchev–Trinajstić information content (AvgIpc) is 3.20. The molecule has 1 fully saturated rings. The van der Waals surface area contributed by atoms with Gasteiger partial charge in [0.1, 0.15) is 27.1 Å². The Morgan fingerprint density at radius 1 is 1.16 bits per heavy atom. The Morgan fingerprint density at radius 3 is 2.68 bits per heavy atom. The summed E-state index contributed by atoms with van der Waals surface area (Å²) < 4.78 is 23.9. The number of rotatable bonds is 3. The van der Waals surface area contributed by atoms with Crippen molar-refractivity contribution in [2.45, 2.75) is 50.4 Å². The predicted octanol–water partition coefficient (Wildman–Crippen LogP) is 3.06. The summed E-state index contributed by atoms with van der Waals surface area (Å²) in [4.78, 5) is 18.3. The number of piperidine rings is 1. The minimum absolute atomic E-state index is 0.258. The molecule has 2 aliphatic heterocycles. The normalized spacial score (nSPS) is 21.3. The Morgan fingerprint density at radius 2 is 1.94 bits per heavy atom. The molecule has 31 heavy (non-hydrogen) atoms. The molecule has 0 amide bonds. The van der Waals surface area contributed by atoms with Crippen LogP contribution in [0.4, 0.5) is 11.5 Å². The molecule has 7 nitrogen and oxygen atoms in total. The average molecular weight is 460 g/mol. The first-order valence-corrected chi connectivity index (χ1v) is 13.0. The van der Waals surface area contributed by atoms with Gasteiger partial charge in [0.15, 0.2) is 0 Å². The molecule has 0 spiro atoms. The van der Waals surface area contributed by atoms with Crippen molar-refractivity contribution in [1.82, 2.24) is 15.0 Å². The largest absolute Gasteiger partial charge is 0.363 e. The SMILES string of the molecule is C[C@@H]1Cc2ncnc(N3CCC(S(C)(=O)=O)CC3)c2CN1c1cc(Cl)nc2c1C=CC2. The number of hydrogen-bond donors (Lipinski definition) is 0. The van der Waals surface area contributed by atoms with Crippen molar-refractivity contribution in [3.05, 3.63) is 46.1 Å². The summed E-state index contributed by atoms with van der Waals surface area (Å²) >= 11 is 6.35. The van der Waals surface area contributed by atoms with Gasteiger partial charge in [-0.05, 0) is 25.8 Å². The van der Waals surface area contributed by atoms with E-state index in [1.54, 1.807) is 6.33 Å². The second-order valence-corrected chi connectivity index (χ2v) is 11.5. The molecule has 3 aliphatic rings. The number of pyridine rings is 1. The second kappa shape index (κ2) is 7.74. The van der Waals surface area contributed by atoms with Crippen molar-refractivity contribution >= 4 is 39.0 Å². The van der Waals surface area contributed by atoms with Gasteiger partial charge >= 0.3 is 0 Å². The lowest BCUT2D eigenvalue weighted by molar-refractivity contribution is 0.526. The fourth-order valence-electron chi connectivity index (χ4n) is 5.01. The van der Waals surface area contributed by atoms with Crippen molar-refractivity contribution in [1.29, 1.82) is 0 Å². The molecule has 5 rings (SSSR count). The van der Waals surface area contributed by atoms with Crippen LogP contribution in [-0.2, 0) is 29.2 Å². The monoisotopic (exact) mass is 459 g/mol. The molecule has 1 saturated heterocycles. The van der Waals surface area contributed by atoms with E-state index in [0.717, 1.165) is 46.9 Å². The highest BCUT2D eigenvalue weighted by Gasteiger charge is 2.33. The van der Waals surface area contributed by atoms with Gasteiger partial charge in [0.2, 0.25) is 0 Å². The molecule has 0 unspecified atom stereocenters. The molecular weight excluding hydrogens is 434 g/mol. The van der Waals surface area contributed by atoms with E-state index >= 15 is 0 Å². The van der Waals surface area contributed by atoms with E-state index in [9.17, 15) is 8.42 Å². The molecule has 2 aromatic rings. The maximum atomic E-state index is 11.9. The zero-order valence-electron chi connectivity index (χ0n) is 17.8. The first-order valence-electron chi connectivity index (χ1n) is 10.7. The summed E-state index contributed by atoms with van der Waals surface area (Å²) in [5.41, 5.74) is 5.47. The van der Waals surface area contributed by atoms with Crippen LogP contribution in [0.15, 0.2) is 18.5 Å². The van der Waals surface area contributed by atoms with Crippen molar-refractivity contribution < 1.29 is 8.42 Å². The molecule has 0 aromatic carbocycles. The van der Waals surface area contributed by atoms with Gasteiger partial charge in [-0.1, -0.05) is 23.8 Å². The molecule has 0 N–H and O–H groups in total. The fraction of sp³-hybridized carbons (Fsp3) is 0.500. The van der Waals surface area contributed by atoms with E-state index in [-0.39, 0.29) is 11.3 Å². The number of nitrogens with zero attached hydrogens (tertiary/aromatic N) is 5. The van der Waals surface area contributed by atoms with E-state index in [2.05, 4.69) is 43.8 Å². The van der Waals surface area contributed by atoms with Crippen LogP contribution in [0.5, 0.6) is 0 Å². The number of hydrogen-bond acceptors (Lipinski definition) is 7. The lowest BCUT2D eigenvalue weighted by Crippen LogP contribution is -2.43. The molecule has 1 atom stereocenters. The molecule has 0 radical (unpaired) electrons. The summed E-state index contributed by atoms with van der Waals surface area (Å²) in [7, 11) is -3.00. The topological polar surface area (TPSA) is 79.3 Å². The molecule has 4 heterocycles. The van der Waals surface area contributed by atoms with Crippen LogP contribution in [0.1, 0.15) is 42.3 Å². The summed E-state index contributed by atoms with van der Waals surface area (Å²) in [6.45, 7) is 4.28. The quantitative estimate of drug-likeness (QED) is 0.652. The van der Waals surface area contributed by atoms with Crippen LogP contribution >= 0.6 is 11.6 Å². The zero-order valence-corrected chi connectivity index (χ0v) is 19.3. The van der Waals surface area contributed by atoms with Crippen molar-refractivity contribution in [3.8, 4) is 0 Å². The van der Waals surface area contributed by atoms with Crippen LogP contribution in [0.3, 0.4) is 0 Å². The Hall–Kier alpha value is -2.19. The number of anilines is 2. The van der Waals surface area contributed by atoms with Gasteiger partial charge in [-0.2, -0.15) is 0 Å². The van der Waals surface area contributed by atoms with Crippen LogP contribution in [0, 0.1) is 0 Å². The highest BCUT2D eigenvalue weighted by molar-refractivity contribution is 7.91. The third-order valence-electron chi connectivity index (χ3n) is 6.70. The first-order chi connectivity index (χ1) is 14.8. The smallest absolute Gasteiger partial charge is 0.150 e. The van der Waals surface area contributed by atoms with Crippen LogP contribution in [0.25, 0.3) is 6.08 Å². The van der Waals surface area contributed by atoms with Gasteiger partial charge in [-0.15, -0.1) is 0 Å². The summed E-state index contributed by atoms with van der Waals surface area (Å²) in [5, 5.41) is 0.258. The standard InChI is InChI=1S/C22H26ClN5O2S/c1-14-10-19-17(12-28(14)20-11-21(23)26-18-5-3-4-16(18)20)22(25-13-24-19)27-8-6-15(7-9-27)31(2,29)30/h3-4,11,13-15H,5-10,12H2,1-2H3/t14-/m1/s1. The number of aromatic nitrogens is 3. The lowest BCUT2D eigenvalue weighted by Gasteiger charge is -2.40. The van der Waals surface area contributed by atoms with E-state index in [4.69, 9.17) is 11.6 Å². The van der Waals surface area contributed by atoms with Gasteiger partial charge < -0.3 is 9.80 Å². The summed E-state index contributed by atoms with van der Waals surface area (Å²) in [6, 6.07) is 2.22. The molecule has 1 aliphatic carbocycles. The van der Waals surface area contributed by atoms with Gasteiger partial charge in [0, 0.05) is 61.6 Å². The number of halogens is 1. The van der Waals surface area contributed by atoms with Gasteiger partial charge in [0.25, 0.3) is 0 Å². The maximum absolute atomic E-state index is 11.9. The minimum Gasteiger partial charge on any atom is -0.363 e. The van der Waals surface area contributed by atoms with Crippen LogP contribution < -0.4 is 9.80 Å². The molecule has 164 valence electrons. The van der Waals surface area contributed by atoms with Crippen LogP contribution in [0.2, 0.25) is 5.15 Å². The molecule has 9 heteroatoms. The minimum atomic E-state index is -3.00. The third-order valence-corrected chi connectivity index (χ3v) is 8.57. The zero-order chi connectivity index (χ0) is 21.8. The van der Waals surface area contributed by atoms with Crippen molar-refractivity contribution in [3.63, 3.8) is 0 Å². The van der Waals surface area contributed by atoms with Crippen LogP contribution in [-0.4, -0.2) is 54.0 Å². The number of sulfone groups is 1. The molecule has 0 bridgehead atoms. The number of allylic oxidation sites excluding steroid dienone is 1. The Kier molecular flexibility index (Phi) is 5.17. The van der Waals surface area contributed by atoms with E-state index in [0.29, 0.717) is 37.6 Å². The third kappa shape index (κ3) is 3.80. The van der Waals surface area contributed by atoms with Gasteiger partial charge in [-0.25, -0.2) is 23.4 Å². The van der Waals surface area contributed by atoms with Crippen molar-refractivity contribution in [2.24, 2.45) is 0 Å². The first kappa shape index (κ1) is 20.7. The Labute approximate surface area is 188 Å².